The molecule has 2 heterocycles. The Morgan fingerprint density at radius 1 is 1.00 bits per heavy atom. The highest BCUT2D eigenvalue weighted by molar-refractivity contribution is 6.40. The predicted molar refractivity (Wildman–Crippen MR) is 98.7 cm³/mol. The number of amides is 1. The third kappa shape index (κ3) is 4.23. The molecule has 0 saturated heterocycles. The van der Waals surface area contributed by atoms with E-state index in [-0.39, 0.29) is 15.6 Å². The van der Waals surface area contributed by atoms with Crippen LogP contribution in [0.5, 0.6) is 0 Å². The first-order chi connectivity index (χ1) is 12.0. The molecule has 0 aliphatic rings. The lowest BCUT2D eigenvalue weighted by atomic mass is 10.2. The summed E-state index contributed by atoms with van der Waals surface area (Å²) in [6.07, 6.45) is 3.03. The van der Waals surface area contributed by atoms with Crippen LogP contribution in [-0.2, 0) is 0 Å². The number of rotatable bonds is 4. The van der Waals surface area contributed by atoms with Crippen molar-refractivity contribution in [3.63, 3.8) is 0 Å². The zero-order chi connectivity index (χ0) is 17.8. The molecule has 0 spiro atoms. The molecule has 2 aromatic heterocycles. The summed E-state index contributed by atoms with van der Waals surface area (Å²) in [5, 5.41) is 6.38. The van der Waals surface area contributed by atoms with Gasteiger partial charge in [0.2, 0.25) is 0 Å². The molecule has 3 aromatic rings. The third-order valence-electron chi connectivity index (χ3n) is 3.27. The molecule has 25 heavy (non-hydrogen) atoms. The van der Waals surface area contributed by atoms with Crippen LogP contribution in [0, 0.1) is 6.92 Å². The Balaban J connectivity index is 1.79. The Morgan fingerprint density at radius 3 is 2.44 bits per heavy atom. The molecule has 0 fully saturated rings. The maximum atomic E-state index is 12.4. The molecule has 126 valence electrons. The van der Waals surface area contributed by atoms with Gasteiger partial charge in [-0.15, -0.1) is 0 Å². The summed E-state index contributed by atoms with van der Waals surface area (Å²) in [7, 11) is 0. The van der Waals surface area contributed by atoms with Crippen molar-refractivity contribution in [2.24, 2.45) is 0 Å². The number of hydrogen-bond donors (Lipinski definition) is 2. The van der Waals surface area contributed by atoms with Gasteiger partial charge in [0.15, 0.2) is 0 Å². The van der Waals surface area contributed by atoms with Crippen LogP contribution in [0.25, 0.3) is 0 Å². The van der Waals surface area contributed by atoms with Crippen LogP contribution in [-0.4, -0.2) is 20.9 Å². The molecule has 0 aliphatic heterocycles. The Kier molecular flexibility index (Phi) is 5.11. The molecular formula is C17H13Cl2N5O. The standard InChI is InChI=1S/C17H13Cl2N5O/c1-10-7-14(22-9-21-10)24-15-8-11(5-6-20-15)23-17(25)16-12(18)3-2-4-13(16)19/h2-9H,1H3,(H2,20,21,22,23,24,25). The minimum Gasteiger partial charge on any atom is -0.325 e. The molecule has 8 heteroatoms. The van der Waals surface area contributed by atoms with Gasteiger partial charge >= 0.3 is 0 Å². The normalized spacial score (nSPS) is 10.4. The van der Waals surface area contributed by atoms with Gasteiger partial charge in [-0.2, -0.15) is 0 Å². The minimum atomic E-state index is -0.398. The number of carbonyl (C=O) groups is 1. The second-order valence-corrected chi connectivity index (χ2v) is 5.96. The number of aromatic nitrogens is 3. The Bertz CT molecular complexity index is 912. The summed E-state index contributed by atoms with van der Waals surface area (Å²) >= 11 is 12.1. The number of halogens is 2. The summed E-state index contributed by atoms with van der Waals surface area (Å²) in [5.41, 5.74) is 1.60. The van der Waals surface area contributed by atoms with E-state index in [2.05, 4.69) is 25.6 Å². The number of carbonyl (C=O) groups excluding carboxylic acids is 1. The van der Waals surface area contributed by atoms with Crippen molar-refractivity contribution in [1.29, 1.82) is 0 Å². The van der Waals surface area contributed by atoms with Crippen LogP contribution >= 0.6 is 23.2 Å². The van der Waals surface area contributed by atoms with Gasteiger partial charge in [-0.25, -0.2) is 15.0 Å². The van der Waals surface area contributed by atoms with Crippen molar-refractivity contribution < 1.29 is 4.79 Å². The van der Waals surface area contributed by atoms with E-state index in [1.807, 2.05) is 6.92 Å². The van der Waals surface area contributed by atoms with Crippen LogP contribution in [0.1, 0.15) is 16.1 Å². The van der Waals surface area contributed by atoms with Crippen molar-refractivity contribution >= 4 is 46.4 Å². The summed E-state index contributed by atoms with van der Waals surface area (Å²) in [6.45, 7) is 1.87. The lowest BCUT2D eigenvalue weighted by molar-refractivity contribution is 0.102. The fourth-order valence-electron chi connectivity index (χ4n) is 2.14. The third-order valence-corrected chi connectivity index (χ3v) is 3.90. The molecule has 0 aliphatic carbocycles. The lowest BCUT2D eigenvalue weighted by Crippen LogP contribution is -2.13. The monoisotopic (exact) mass is 373 g/mol. The van der Waals surface area contributed by atoms with Gasteiger partial charge in [0.1, 0.15) is 18.0 Å². The number of hydrogen-bond acceptors (Lipinski definition) is 5. The first-order valence-corrected chi connectivity index (χ1v) is 8.05. The SMILES string of the molecule is Cc1cc(Nc2cc(NC(=O)c3c(Cl)cccc3Cl)ccn2)ncn1. The van der Waals surface area contributed by atoms with Gasteiger partial charge in [-0.05, 0) is 25.1 Å². The van der Waals surface area contributed by atoms with E-state index in [9.17, 15) is 4.79 Å². The van der Waals surface area contributed by atoms with Crippen LogP contribution < -0.4 is 10.6 Å². The first kappa shape index (κ1) is 17.1. The highest BCUT2D eigenvalue weighted by Gasteiger charge is 2.15. The van der Waals surface area contributed by atoms with Gasteiger partial charge in [-0.3, -0.25) is 4.79 Å². The molecule has 6 nitrogen and oxygen atoms in total. The number of pyridine rings is 1. The maximum absolute atomic E-state index is 12.4. The molecule has 0 bridgehead atoms. The van der Waals surface area contributed by atoms with Crippen molar-refractivity contribution in [2.75, 3.05) is 10.6 Å². The highest BCUT2D eigenvalue weighted by Crippen LogP contribution is 2.25. The van der Waals surface area contributed by atoms with E-state index >= 15 is 0 Å². The molecule has 1 amide bonds. The van der Waals surface area contributed by atoms with Gasteiger partial charge in [0, 0.05) is 29.7 Å². The quantitative estimate of drug-likeness (QED) is 0.704. The lowest BCUT2D eigenvalue weighted by Gasteiger charge is -2.10. The van der Waals surface area contributed by atoms with Gasteiger partial charge < -0.3 is 10.6 Å². The van der Waals surface area contributed by atoms with E-state index in [0.717, 1.165) is 5.69 Å². The molecule has 0 unspecified atom stereocenters. The van der Waals surface area contributed by atoms with E-state index in [1.165, 1.54) is 6.33 Å². The molecule has 3 rings (SSSR count). The zero-order valence-corrected chi connectivity index (χ0v) is 14.6. The Morgan fingerprint density at radius 2 is 1.72 bits per heavy atom. The summed E-state index contributed by atoms with van der Waals surface area (Å²) in [6, 6.07) is 10.0. The van der Waals surface area contributed by atoms with Crippen LogP contribution in [0.15, 0.2) is 48.9 Å². The summed E-state index contributed by atoms with van der Waals surface area (Å²) in [5.74, 6) is 0.740. The summed E-state index contributed by atoms with van der Waals surface area (Å²) in [4.78, 5) is 24.8. The second-order valence-electron chi connectivity index (χ2n) is 5.15. The van der Waals surface area contributed by atoms with Crippen molar-refractivity contribution in [2.45, 2.75) is 6.92 Å². The van der Waals surface area contributed by atoms with Crippen LogP contribution in [0.4, 0.5) is 17.3 Å². The smallest absolute Gasteiger partial charge is 0.258 e. The average Bonchev–Trinajstić information content (AvgIpc) is 2.55. The molecule has 2 N–H and O–H groups in total. The first-order valence-electron chi connectivity index (χ1n) is 7.30. The highest BCUT2D eigenvalue weighted by atomic mass is 35.5. The topological polar surface area (TPSA) is 79.8 Å². The minimum absolute atomic E-state index is 0.226. The Hall–Kier alpha value is -2.70. The molecule has 0 radical (unpaired) electrons. The zero-order valence-electron chi connectivity index (χ0n) is 13.1. The Labute approximate surface area is 154 Å². The fraction of sp³-hybridized carbons (Fsp3) is 0.0588. The fourth-order valence-corrected chi connectivity index (χ4v) is 2.71. The number of nitrogens with one attached hydrogen (secondary N) is 2. The number of nitrogens with zero attached hydrogens (tertiary/aromatic N) is 3. The van der Waals surface area contributed by atoms with Crippen molar-refractivity contribution in [3.05, 3.63) is 70.2 Å². The second kappa shape index (κ2) is 7.46. The molecule has 0 atom stereocenters. The van der Waals surface area contributed by atoms with E-state index in [1.54, 1.807) is 42.6 Å². The predicted octanol–water partition coefficient (Wildman–Crippen LogP) is 4.48. The molecular weight excluding hydrogens is 361 g/mol. The number of anilines is 3. The molecule has 0 saturated carbocycles. The number of aryl methyl sites for hydroxylation is 1. The number of benzene rings is 1. The van der Waals surface area contributed by atoms with Crippen molar-refractivity contribution in [1.82, 2.24) is 15.0 Å². The van der Waals surface area contributed by atoms with Gasteiger partial charge in [0.05, 0.1) is 15.6 Å². The van der Waals surface area contributed by atoms with Crippen molar-refractivity contribution in [3.8, 4) is 0 Å². The van der Waals surface area contributed by atoms with Crippen LogP contribution in [0.3, 0.4) is 0 Å². The van der Waals surface area contributed by atoms with E-state index in [4.69, 9.17) is 23.2 Å². The largest absolute Gasteiger partial charge is 0.325 e. The van der Waals surface area contributed by atoms with E-state index < -0.39 is 5.91 Å². The van der Waals surface area contributed by atoms with Gasteiger partial charge in [0.25, 0.3) is 5.91 Å². The molecule has 1 aromatic carbocycles. The van der Waals surface area contributed by atoms with Crippen LogP contribution in [0.2, 0.25) is 10.0 Å². The van der Waals surface area contributed by atoms with Gasteiger partial charge in [-0.1, -0.05) is 29.3 Å². The van der Waals surface area contributed by atoms with E-state index in [0.29, 0.717) is 17.3 Å². The summed E-state index contributed by atoms with van der Waals surface area (Å²) < 4.78 is 0. The average molecular weight is 374 g/mol. The maximum Gasteiger partial charge on any atom is 0.258 e.